The van der Waals surface area contributed by atoms with Gasteiger partial charge in [-0.05, 0) is 66.6 Å². The zero-order valence-corrected chi connectivity index (χ0v) is 13.1. The number of rotatable bonds is 3. The predicted octanol–water partition coefficient (Wildman–Crippen LogP) is 3.42. The molecule has 0 aliphatic carbocycles. The Balaban J connectivity index is 2.15. The van der Waals surface area contributed by atoms with Gasteiger partial charge in [-0.1, -0.05) is 18.5 Å². The molecule has 1 unspecified atom stereocenters. The second-order valence-corrected chi connectivity index (χ2v) is 6.14. The third kappa shape index (κ3) is 2.81. The van der Waals surface area contributed by atoms with Gasteiger partial charge < -0.3 is 10.6 Å². The van der Waals surface area contributed by atoms with Gasteiger partial charge in [0.2, 0.25) is 5.91 Å². The number of benzene rings is 1. The normalized spacial score (nSPS) is 23.1. The third-order valence-corrected chi connectivity index (χ3v) is 4.59. The average Bonchev–Trinajstić information content (AvgIpc) is 2.82. The minimum Gasteiger partial charge on any atom is -0.324 e. The lowest BCUT2D eigenvalue weighted by Gasteiger charge is -2.27. The molecule has 0 bridgehead atoms. The van der Waals surface area contributed by atoms with Gasteiger partial charge in [0.25, 0.3) is 0 Å². The van der Waals surface area contributed by atoms with Crippen molar-refractivity contribution in [3.05, 3.63) is 26.8 Å². The Kier molecular flexibility index (Phi) is 4.50. The van der Waals surface area contributed by atoms with E-state index in [1.165, 1.54) is 0 Å². The van der Waals surface area contributed by atoms with E-state index in [4.69, 9.17) is 11.6 Å². The minimum atomic E-state index is -0.400. The Bertz CT molecular complexity index is 458. The minimum absolute atomic E-state index is 0.0581. The number of hydrogen-bond donors (Lipinski definition) is 2. The van der Waals surface area contributed by atoms with Crippen LogP contribution in [0.1, 0.15) is 26.2 Å². The van der Waals surface area contributed by atoms with Gasteiger partial charge in [-0.3, -0.25) is 4.79 Å². The standard InChI is InChI=1S/C13H16ClIN2O/c1-2-13(6-3-7-16-13)12(18)17-11-5-4-9(14)8-10(11)15/h4-5,8,16H,2-3,6-7H2,1H3,(H,17,18). The van der Waals surface area contributed by atoms with Gasteiger partial charge >= 0.3 is 0 Å². The molecule has 0 saturated carbocycles. The summed E-state index contributed by atoms with van der Waals surface area (Å²) in [6.45, 7) is 2.96. The smallest absolute Gasteiger partial charge is 0.244 e. The van der Waals surface area contributed by atoms with Crippen molar-refractivity contribution in [2.24, 2.45) is 0 Å². The molecule has 2 rings (SSSR count). The van der Waals surface area contributed by atoms with Gasteiger partial charge in [0.05, 0.1) is 11.2 Å². The molecule has 1 saturated heterocycles. The molecule has 98 valence electrons. The molecule has 0 spiro atoms. The molecule has 2 N–H and O–H groups in total. The average molecular weight is 379 g/mol. The van der Waals surface area contributed by atoms with Crippen LogP contribution in [-0.2, 0) is 4.79 Å². The van der Waals surface area contributed by atoms with Crippen molar-refractivity contribution in [2.45, 2.75) is 31.7 Å². The lowest BCUT2D eigenvalue weighted by molar-refractivity contribution is -0.122. The summed E-state index contributed by atoms with van der Waals surface area (Å²) in [6, 6.07) is 5.48. The van der Waals surface area contributed by atoms with Crippen molar-refractivity contribution in [1.82, 2.24) is 5.32 Å². The van der Waals surface area contributed by atoms with Crippen molar-refractivity contribution < 1.29 is 4.79 Å². The van der Waals surface area contributed by atoms with Gasteiger partial charge in [-0.2, -0.15) is 0 Å². The molecule has 0 radical (unpaired) electrons. The van der Waals surface area contributed by atoms with Crippen LogP contribution in [0.25, 0.3) is 0 Å². The highest BCUT2D eigenvalue weighted by atomic mass is 127. The second kappa shape index (κ2) is 5.75. The number of carbonyl (C=O) groups excluding carboxylic acids is 1. The summed E-state index contributed by atoms with van der Waals surface area (Å²) in [6.07, 6.45) is 2.77. The quantitative estimate of drug-likeness (QED) is 0.792. The lowest BCUT2D eigenvalue weighted by atomic mass is 9.93. The van der Waals surface area contributed by atoms with Crippen LogP contribution >= 0.6 is 34.2 Å². The van der Waals surface area contributed by atoms with E-state index < -0.39 is 5.54 Å². The maximum absolute atomic E-state index is 12.4. The number of amides is 1. The van der Waals surface area contributed by atoms with Gasteiger partial charge in [-0.15, -0.1) is 0 Å². The number of carbonyl (C=O) groups is 1. The highest BCUT2D eigenvalue weighted by Crippen LogP contribution is 2.27. The van der Waals surface area contributed by atoms with Gasteiger partial charge in [-0.25, -0.2) is 0 Å². The van der Waals surface area contributed by atoms with Crippen LogP contribution < -0.4 is 10.6 Å². The molecule has 1 aliphatic heterocycles. The van der Waals surface area contributed by atoms with Crippen molar-refractivity contribution in [3.63, 3.8) is 0 Å². The summed E-state index contributed by atoms with van der Waals surface area (Å²) in [5, 5.41) is 7.02. The zero-order valence-electron chi connectivity index (χ0n) is 10.2. The molecule has 1 aromatic rings. The molecule has 3 nitrogen and oxygen atoms in total. The highest BCUT2D eigenvalue weighted by Gasteiger charge is 2.39. The van der Waals surface area contributed by atoms with Gasteiger partial charge in [0.15, 0.2) is 0 Å². The first-order chi connectivity index (χ1) is 8.57. The van der Waals surface area contributed by atoms with E-state index in [9.17, 15) is 4.79 Å². The van der Waals surface area contributed by atoms with E-state index in [0.29, 0.717) is 5.02 Å². The van der Waals surface area contributed by atoms with E-state index in [0.717, 1.165) is 35.1 Å². The molecule has 0 aromatic heterocycles. The molecule has 5 heteroatoms. The van der Waals surface area contributed by atoms with Crippen LogP contribution in [0.15, 0.2) is 18.2 Å². The Morgan fingerprint density at radius 1 is 1.61 bits per heavy atom. The maximum Gasteiger partial charge on any atom is 0.244 e. The van der Waals surface area contributed by atoms with Crippen molar-refractivity contribution >= 4 is 45.8 Å². The third-order valence-electron chi connectivity index (χ3n) is 3.46. The molecule has 1 amide bonds. The summed E-state index contributed by atoms with van der Waals surface area (Å²) in [7, 11) is 0. The fourth-order valence-electron chi connectivity index (χ4n) is 2.30. The van der Waals surface area contributed by atoms with Crippen molar-refractivity contribution in [3.8, 4) is 0 Å². The Labute approximate surface area is 126 Å². The first kappa shape index (κ1) is 14.1. The van der Waals surface area contributed by atoms with Crippen LogP contribution in [0.4, 0.5) is 5.69 Å². The predicted molar refractivity (Wildman–Crippen MR) is 83.1 cm³/mol. The lowest BCUT2D eigenvalue weighted by Crippen LogP contribution is -2.50. The van der Waals surface area contributed by atoms with Gasteiger partial charge in [0.1, 0.15) is 0 Å². The largest absolute Gasteiger partial charge is 0.324 e. The first-order valence-corrected chi connectivity index (χ1v) is 7.54. The molecule has 1 heterocycles. The fourth-order valence-corrected chi connectivity index (χ4v) is 3.30. The van der Waals surface area contributed by atoms with E-state index in [1.807, 2.05) is 19.1 Å². The van der Waals surface area contributed by atoms with Crippen molar-refractivity contribution in [1.29, 1.82) is 0 Å². The Morgan fingerprint density at radius 2 is 2.39 bits per heavy atom. The van der Waals surface area contributed by atoms with E-state index in [-0.39, 0.29) is 5.91 Å². The molecule has 1 atom stereocenters. The van der Waals surface area contributed by atoms with Crippen molar-refractivity contribution in [2.75, 3.05) is 11.9 Å². The molecular formula is C13H16ClIN2O. The SMILES string of the molecule is CCC1(C(=O)Nc2ccc(Cl)cc2I)CCCN1. The summed E-state index contributed by atoms with van der Waals surface area (Å²) in [5.74, 6) is 0.0581. The first-order valence-electron chi connectivity index (χ1n) is 6.09. The highest BCUT2D eigenvalue weighted by molar-refractivity contribution is 14.1. The number of halogens is 2. The number of hydrogen-bond acceptors (Lipinski definition) is 2. The van der Waals surface area contributed by atoms with Crippen LogP contribution in [0.2, 0.25) is 5.02 Å². The molecule has 1 fully saturated rings. The fraction of sp³-hybridized carbons (Fsp3) is 0.462. The maximum atomic E-state index is 12.4. The molecule has 1 aliphatic rings. The van der Waals surface area contributed by atoms with E-state index in [1.54, 1.807) is 6.07 Å². The Hall–Kier alpha value is -0.330. The van der Waals surface area contributed by atoms with Crippen LogP contribution in [0.3, 0.4) is 0 Å². The summed E-state index contributed by atoms with van der Waals surface area (Å²) >= 11 is 8.09. The summed E-state index contributed by atoms with van der Waals surface area (Å²) in [4.78, 5) is 12.4. The molecule has 18 heavy (non-hydrogen) atoms. The summed E-state index contributed by atoms with van der Waals surface area (Å²) in [5.41, 5.74) is 0.425. The van der Waals surface area contributed by atoms with Crippen LogP contribution in [0, 0.1) is 3.57 Å². The zero-order chi connectivity index (χ0) is 13.2. The van der Waals surface area contributed by atoms with Gasteiger partial charge in [0, 0.05) is 8.59 Å². The van der Waals surface area contributed by atoms with E-state index in [2.05, 4.69) is 33.2 Å². The molecule has 1 aromatic carbocycles. The molecular weight excluding hydrogens is 363 g/mol. The van der Waals surface area contributed by atoms with Crippen LogP contribution in [-0.4, -0.2) is 18.0 Å². The topological polar surface area (TPSA) is 41.1 Å². The number of anilines is 1. The van der Waals surface area contributed by atoms with Crippen LogP contribution in [0.5, 0.6) is 0 Å². The number of nitrogens with one attached hydrogen (secondary N) is 2. The van der Waals surface area contributed by atoms with E-state index >= 15 is 0 Å². The Morgan fingerprint density at radius 3 is 2.94 bits per heavy atom. The second-order valence-electron chi connectivity index (χ2n) is 4.54. The summed E-state index contributed by atoms with van der Waals surface area (Å²) < 4.78 is 0.956. The monoisotopic (exact) mass is 378 g/mol.